The maximum absolute atomic E-state index is 13.2. The Morgan fingerprint density at radius 1 is 1.08 bits per heavy atom. The van der Waals surface area contributed by atoms with Crippen LogP contribution < -0.4 is 0 Å². The van der Waals surface area contributed by atoms with Crippen LogP contribution >= 0.6 is 0 Å². The van der Waals surface area contributed by atoms with Crippen molar-refractivity contribution in [1.82, 2.24) is 9.88 Å². The number of carbonyl (C=O) groups is 1. The fourth-order valence-electron chi connectivity index (χ4n) is 3.56. The number of rotatable bonds is 2. The van der Waals surface area contributed by atoms with Gasteiger partial charge in [-0.05, 0) is 61.2 Å². The summed E-state index contributed by atoms with van der Waals surface area (Å²) in [5, 5.41) is 1.04. The molecule has 0 bridgehead atoms. The number of H-pyrrole nitrogens is 1. The van der Waals surface area contributed by atoms with E-state index in [1.807, 2.05) is 35.4 Å². The zero-order valence-corrected chi connectivity index (χ0v) is 13.3. The van der Waals surface area contributed by atoms with Crippen molar-refractivity contribution in [2.24, 2.45) is 0 Å². The lowest BCUT2D eigenvalue weighted by Gasteiger charge is -2.36. The predicted molar refractivity (Wildman–Crippen MR) is 92.3 cm³/mol. The Morgan fingerprint density at radius 2 is 1.92 bits per heavy atom. The summed E-state index contributed by atoms with van der Waals surface area (Å²) in [6.45, 7) is 0.742. The zero-order chi connectivity index (χ0) is 16.5. The van der Waals surface area contributed by atoms with E-state index in [1.54, 1.807) is 12.1 Å². The van der Waals surface area contributed by atoms with Crippen molar-refractivity contribution in [2.75, 3.05) is 6.54 Å². The number of carbonyl (C=O) groups excluding carboxylic acids is 1. The Morgan fingerprint density at radius 3 is 2.75 bits per heavy atom. The molecule has 1 unspecified atom stereocenters. The molecule has 1 atom stereocenters. The highest BCUT2D eigenvalue weighted by molar-refractivity contribution is 5.98. The van der Waals surface area contributed by atoms with Crippen LogP contribution in [0.25, 0.3) is 10.9 Å². The average Bonchev–Trinajstić information content (AvgIpc) is 3.09. The van der Waals surface area contributed by atoms with Crippen LogP contribution in [0.1, 0.15) is 41.2 Å². The van der Waals surface area contributed by atoms with Gasteiger partial charge in [0.1, 0.15) is 5.82 Å². The monoisotopic (exact) mass is 322 g/mol. The van der Waals surface area contributed by atoms with Crippen molar-refractivity contribution in [2.45, 2.75) is 25.3 Å². The summed E-state index contributed by atoms with van der Waals surface area (Å²) in [5.41, 5.74) is 2.74. The number of amides is 1. The first-order valence-electron chi connectivity index (χ1n) is 8.36. The third kappa shape index (κ3) is 2.68. The van der Waals surface area contributed by atoms with Crippen molar-refractivity contribution in [3.8, 4) is 0 Å². The quantitative estimate of drug-likeness (QED) is 0.731. The molecule has 1 fully saturated rings. The second-order valence-electron chi connectivity index (χ2n) is 6.34. The van der Waals surface area contributed by atoms with Crippen LogP contribution in [0.2, 0.25) is 0 Å². The van der Waals surface area contributed by atoms with Gasteiger partial charge in [-0.25, -0.2) is 4.39 Å². The van der Waals surface area contributed by atoms with Gasteiger partial charge in [0, 0.05) is 29.2 Å². The summed E-state index contributed by atoms with van der Waals surface area (Å²) in [5.74, 6) is -0.197. The SMILES string of the molecule is O=C(c1ccc2[nH]ccc2c1)N1CCCCC1c1ccc(F)cc1. The van der Waals surface area contributed by atoms with Crippen molar-refractivity contribution in [3.05, 3.63) is 71.7 Å². The van der Waals surface area contributed by atoms with E-state index in [4.69, 9.17) is 0 Å². The molecule has 2 aromatic carbocycles. The van der Waals surface area contributed by atoms with Crippen molar-refractivity contribution < 1.29 is 9.18 Å². The van der Waals surface area contributed by atoms with Crippen LogP contribution in [0.15, 0.2) is 54.7 Å². The number of aromatic nitrogens is 1. The lowest BCUT2D eigenvalue weighted by atomic mass is 9.94. The number of piperidine rings is 1. The molecule has 0 aliphatic carbocycles. The van der Waals surface area contributed by atoms with Gasteiger partial charge in [-0.1, -0.05) is 12.1 Å². The fraction of sp³-hybridized carbons (Fsp3) is 0.250. The summed E-state index contributed by atoms with van der Waals surface area (Å²) < 4.78 is 13.2. The Balaban J connectivity index is 1.66. The molecule has 122 valence electrons. The van der Waals surface area contributed by atoms with E-state index in [2.05, 4.69) is 4.98 Å². The van der Waals surface area contributed by atoms with Gasteiger partial charge < -0.3 is 9.88 Å². The Bertz CT molecular complexity index is 869. The number of likely N-dealkylation sites (tertiary alicyclic amines) is 1. The van der Waals surface area contributed by atoms with Gasteiger partial charge in [0.25, 0.3) is 5.91 Å². The second kappa shape index (κ2) is 6.11. The minimum absolute atomic E-state index is 0.0220. The van der Waals surface area contributed by atoms with Gasteiger partial charge in [-0.3, -0.25) is 4.79 Å². The first kappa shape index (κ1) is 14.9. The third-order valence-corrected chi connectivity index (χ3v) is 4.82. The predicted octanol–water partition coefficient (Wildman–Crippen LogP) is 4.67. The Hall–Kier alpha value is -2.62. The first-order valence-corrected chi connectivity index (χ1v) is 8.36. The molecule has 3 nitrogen and oxygen atoms in total. The largest absolute Gasteiger partial charge is 0.361 e. The molecule has 1 amide bonds. The number of halogens is 1. The molecular weight excluding hydrogens is 303 g/mol. The van der Waals surface area contributed by atoms with Crippen LogP contribution in [-0.2, 0) is 0 Å². The van der Waals surface area contributed by atoms with Gasteiger partial charge in [0.05, 0.1) is 6.04 Å². The molecule has 24 heavy (non-hydrogen) atoms. The van der Waals surface area contributed by atoms with E-state index < -0.39 is 0 Å². The second-order valence-corrected chi connectivity index (χ2v) is 6.34. The minimum atomic E-state index is -0.245. The van der Waals surface area contributed by atoms with E-state index in [9.17, 15) is 9.18 Å². The molecule has 4 rings (SSSR count). The number of nitrogens with one attached hydrogen (secondary N) is 1. The number of aromatic amines is 1. The lowest BCUT2D eigenvalue weighted by molar-refractivity contribution is 0.0611. The van der Waals surface area contributed by atoms with Crippen molar-refractivity contribution in [3.63, 3.8) is 0 Å². The molecule has 1 aliphatic rings. The highest BCUT2D eigenvalue weighted by atomic mass is 19.1. The summed E-state index contributed by atoms with van der Waals surface area (Å²) >= 11 is 0. The molecule has 4 heteroatoms. The van der Waals surface area contributed by atoms with Crippen LogP contribution in [0.3, 0.4) is 0 Å². The molecule has 1 saturated heterocycles. The Kier molecular flexibility index (Phi) is 3.81. The molecule has 1 aliphatic heterocycles. The molecule has 3 aromatic rings. The Labute approximate surface area is 140 Å². The van der Waals surface area contributed by atoms with Gasteiger partial charge in [-0.15, -0.1) is 0 Å². The van der Waals surface area contributed by atoms with Crippen molar-refractivity contribution in [1.29, 1.82) is 0 Å². The lowest BCUT2D eigenvalue weighted by Crippen LogP contribution is -2.38. The number of benzene rings is 2. The maximum Gasteiger partial charge on any atom is 0.254 e. The van der Waals surface area contributed by atoms with E-state index in [-0.39, 0.29) is 17.8 Å². The average molecular weight is 322 g/mol. The summed E-state index contributed by atoms with van der Waals surface area (Å²) in [6.07, 6.45) is 4.89. The van der Waals surface area contributed by atoms with Crippen LogP contribution in [0, 0.1) is 5.82 Å². The highest BCUT2D eigenvalue weighted by Gasteiger charge is 2.28. The molecule has 1 N–H and O–H groups in total. The number of fused-ring (bicyclic) bond motifs is 1. The molecule has 0 saturated carbocycles. The molecule has 0 spiro atoms. The van der Waals surface area contributed by atoms with Gasteiger partial charge in [0.15, 0.2) is 0 Å². The molecule has 0 radical (unpaired) electrons. The summed E-state index contributed by atoms with van der Waals surface area (Å²) in [4.78, 5) is 18.1. The highest BCUT2D eigenvalue weighted by Crippen LogP contribution is 2.32. The summed E-state index contributed by atoms with van der Waals surface area (Å²) in [6, 6.07) is 14.3. The first-order chi connectivity index (χ1) is 11.7. The van der Waals surface area contributed by atoms with Gasteiger partial charge in [0.2, 0.25) is 0 Å². The van der Waals surface area contributed by atoms with E-state index >= 15 is 0 Å². The van der Waals surface area contributed by atoms with Gasteiger partial charge in [-0.2, -0.15) is 0 Å². The van der Waals surface area contributed by atoms with Crippen LogP contribution in [0.5, 0.6) is 0 Å². The third-order valence-electron chi connectivity index (χ3n) is 4.82. The number of nitrogens with zero attached hydrogens (tertiary/aromatic N) is 1. The molecule has 2 heterocycles. The van der Waals surface area contributed by atoms with Crippen LogP contribution in [0.4, 0.5) is 4.39 Å². The standard InChI is InChI=1S/C20H19FN2O/c21-17-7-4-14(5-8-17)19-3-1-2-12-23(19)20(24)16-6-9-18-15(13-16)10-11-22-18/h4-11,13,19,22H,1-3,12H2. The summed E-state index contributed by atoms with van der Waals surface area (Å²) in [7, 11) is 0. The van der Waals surface area contributed by atoms with Gasteiger partial charge >= 0.3 is 0 Å². The maximum atomic E-state index is 13.2. The molecular formula is C20H19FN2O. The number of hydrogen-bond acceptors (Lipinski definition) is 1. The van der Waals surface area contributed by atoms with Crippen molar-refractivity contribution >= 4 is 16.8 Å². The fourth-order valence-corrected chi connectivity index (χ4v) is 3.56. The zero-order valence-electron chi connectivity index (χ0n) is 13.3. The molecule has 1 aromatic heterocycles. The normalized spacial score (nSPS) is 18.0. The topological polar surface area (TPSA) is 36.1 Å². The minimum Gasteiger partial charge on any atom is -0.361 e. The van der Waals surface area contributed by atoms with E-state index in [0.717, 1.165) is 42.3 Å². The smallest absolute Gasteiger partial charge is 0.254 e. The van der Waals surface area contributed by atoms with E-state index in [0.29, 0.717) is 5.56 Å². The van der Waals surface area contributed by atoms with Crippen LogP contribution in [-0.4, -0.2) is 22.3 Å². The number of hydrogen-bond donors (Lipinski definition) is 1. The van der Waals surface area contributed by atoms with E-state index in [1.165, 1.54) is 12.1 Å².